The zero-order valence-corrected chi connectivity index (χ0v) is 23.8. The molecule has 2 heterocycles. The third-order valence-electron chi connectivity index (χ3n) is 9.35. The molecule has 37 heavy (non-hydrogen) atoms. The molecule has 3 unspecified atom stereocenters. The topological polar surface area (TPSA) is 48.0 Å². The van der Waals surface area contributed by atoms with Crippen molar-refractivity contribution in [3.63, 3.8) is 0 Å². The van der Waals surface area contributed by atoms with Gasteiger partial charge in [-0.1, -0.05) is 81.4 Å². The Labute approximate surface area is 223 Å². The van der Waals surface area contributed by atoms with E-state index >= 15 is 0 Å². The molecule has 2 aromatic carbocycles. The molecule has 1 spiro atoms. The van der Waals surface area contributed by atoms with Gasteiger partial charge in [0.25, 0.3) is 0 Å². The zero-order valence-electron chi connectivity index (χ0n) is 22.8. The molecule has 2 saturated heterocycles. The predicted octanol–water partition coefficient (Wildman–Crippen LogP) is 5.84. The summed E-state index contributed by atoms with van der Waals surface area (Å²) >= 11 is 0. The van der Waals surface area contributed by atoms with E-state index in [2.05, 4.69) is 86.3 Å². The summed E-state index contributed by atoms with van der Waals surface area (Å²) in [4.78, 5) is 15.9. The van der Waals surface area contributed by atoms with Crippen LogP contribution < -0.4 is 0 Å². The summed E-state index contributed by atoms with van der Waals surface area (Å²) in [7, 11) is -2.00. The average molecular weight is 522 g/mol. The minimum atomic E-state index is -2.00. The Morgan fingerprint density at radius 3 is 2.05 bits per heavy atom. The fourth-order valence-corrected chi connectivity index (χ4v) is 10.6. The average Bonchev–Trinajstić information content (AvgIpc) is 3.36. The summed E-state index contributed by atoms with van der Waals surface area (Å²) in [5.74, 6) is -0.705. The molecule has 3 atom stereocenters. The Kier molecular flexibility index (Phi) is 7.77. The number of benzene rings is 2. The second kappa shape index (κ2) is 10.7. The summed E-state index contributed by atoms with van der Waals surface area (Å²) in [6.07, 6.45) is 3.24. The monoisotopic (exact) mass is 521 g/mol. The predicted molar refractivity (Wildman–Crippen MR) is 149 cm³/mol. The number of hydrogen-bond acceptors (Lipinski definition) is 5. The van der Waals surface area contributed by atoms with Gasteiger partial charge in [0.1, 0.15) is 6.29 Å². The van der Waals surface area contributed by atoms with Gasteiger partial charge in [-0.05, 0) is 35.7 Å². The molecule has 2 bridgehead atoms. The van der Waals surface area contributed by atoms with Crippen LogP contribution in [-0.2, 0) is 31.7 Å². The third-order valence-corrected chi connectivity index (χ3v) is 14.0. The summed E-state index contributed by atoms with van der Waals surface area (Å²) in [5, 5.41) is 0. The van der Waals surface area contributed by atoms with Gasteiger partial charge in [-0.3, -0.25) is 4.90 Å². The standard InChI is InChI=1S/C31H43NO4Si/c1-4-37(5-2,6-3)36-28-29(19-26-13-9-7-10-14-26)21-31(34-17-18-35-31)22-30(28,25-33)24-32(23-29)20-27-15-11-8-12-16-27/h7-16,25,28H,4-6,17-24H2,1-3H3. The van der Waals surface area contributed by atoms with Crippen LogP contribution in [0.2, 0.25) is 18.1 Å². The first-order valence-electron chi connectivity index (χ1n) is 14.2. The lowest BCUT2D eigenvalue weighted by Crippen LogP contribution is -2.72. The molecule has 2 aromatic rings. The number of aldehydes is 1. The highest BCUT2D eigenvalue weighted by atomic mass is 28.4. The second-order valence-electron chi connectivity index (χ2n) is 11.7. The fourth-order valence-electron chi connectivity index (χ4n) is 7.59. The van der Waals surface area contributed by atoms with Crippen LogP contribution in [0.5, 0.6) is 0 Å². The van der Waals surface area contributed by atoms with Gasteiger partial charge in [-0.2, -0.15) is 0 Å². The van der Waals surface area contributed by atoms with Crippen molar-refractivity contribution in [3.8, 4) is 0 Å². The first-order valence-corrected chi connectivity index (χ1v) is 16.7. The highest BCUT2D eigenvalue weighted by molar-refractivity contribution is 6.73. The third kappa shape index (κ3) is 5.11. The van der Waals surface area contributed by atoms with E-state index in [1.54, 1.807) is 0 Å². The first-order chi connectivity index (χ1) is 17.9. The molecule has 0 N–H and O–H groups in total. The first kappa shape index (κ1) is 26.8. The van der Waals surface area contributed by atoms with E-state index in [4.69, 9.17) is 13.9 Å². The van der Waals surface area contributed by atoms with Crippen molar-refractivity contribution in [1.82, 2.24) is 4.90 Å². The van der Waals surface area contributed by atoms with Crippen molar-refractivity contribution in [3.05, 3.63) is 71.8 Å². The van der Waals surface area contributed by atoms with Gasteiger partial charge in [0.05, 0.1) is 24.7 Å². The maximum absolute atomic E-state index is 13.4. The normalized spacial score (nSPS) is 29.4. The quantitative estimate of drug-likeness (QED) is 0.290. The van der Waals surface area contributed by atoms with Crippen LogP contribution in [-0.4, -0.2) is 57.7 Å². The van der Waals surface area contributed by atoms with Crippen LogP contribution in [0.3, 0.4) is 0 Å². The molecule has 1 aliphatic carbocycles. The number of rotatable bonds is 10. The van der Waals surface area contributed by atoms with Crippen molar-refractivity contribution < 1.29 is 18.7 Å². The Balaban J connectivity index is 1.62. The number of carbonyl (C=O) groups is 1. The molecular weight excluding hydrogens is 478 g/mol. The lowest BCUT2D eigenvalue weighted by atomic mass is 9.53. The van der Waals surface area contributed by atoms with Crippen molar-refractivity contribution in [2.24, 2.45) is 10.8 Å². The van der Waals surface area contributed by atoms with Gasteiger partial charge in [-0.15, -0.1) is 0 Å². The second-order valence-corrected chi connectivity index (χ2v) is 16.4. The summed E-state index contributed by atoms with van der Waals surface area (Å²) in [6, 6.07) is 24.6. The van der Waals surface area contributed by atoms with Crippen LogP contribution in [0.25, 0.3) is 0 Å². The maximum Gasteiger partial charge on any atom is 0.192 e. The molecule has 0 aromatic heterocycles. The fraction of sp³-hybridized carbons (Fsp3) is 0.581. The Morgan fingerprint density at radius 1 is 0.892 bits per heavy atom. The van der Waals surface area contributed by atoms with E-state index in [-0.39, 0.29) is 11.5 Å². The van der Waals surface area contributed by atoms with Crippen LogP contribution in [0.1, 0.15) is 44.7 Å². The van der Waals surface area contributed by atoms with Crippen LogP contribution in [0, 0.1) is 10.8 Å². The van der Waals surface area contributed by atoms with E-state index in [1.807, 2.05) is 0 Å². The number of ether oxygens (including phenoxy) is 2. The van der Waals surface area contributed by atoms with Crippen LogP contribution >= 0.6 is 0 Å². The minimum Gasteiger partial charge on any atom is -0.412 e. The molecule has 1 saturated carbocycles. The smallest absolute Gasteiger partial charge is 0.192 e. The largest absolute Gasteiger partial charge is 0.412 e. The maximum atomic E-state index is 13.4. The number of likely N-dealkylation sites (tertiary alicyclic amines) is 1. The lowest BCUT2D eigenvalue weighted by Gasteiger charge is -2.64. The SMILES string of the molecule is CC[Si](CC)(CC)OC1C2(C=O)CN(Cc3ccccc3)CC1(Cc1ccccc1)CC1(C2)OCCO1. The Hall–Kier alpha value is -1.83. The van der Waals surface area contributed by atoms with Crippen molar-refractivity contribution in [1.29, 1.82) is 0 Å². The number of nitrogens with zero attached hydrogens (tertiary/aromatic N) is 1. The van der Waals surface area contributed by atoms with E-state index in [1.165, 1.54) is 17.4 Å². The number of carbonyl (C=O) groups excluding carboxylic acids is 1. The van der Waals surface area contributed by atoms with E-state index in [0.29, 0.717) is 26.2 Å². The Bertz CT molecular complexity index is 1030. The molecule has 200 valence electrons. The highest BCUT2D eigenvalue weighted by Crippen LogP contribution is 2.59. The summed E-state index contributed by atoms with van der Waals surface area (Å²) < 4.78 is 20.2. The molecule has 5 nitrogen and oxygen atoms in total. The van der Waals surface area contributed by atoms with E-state index < -0.39 is 19.5 Å². The molecule has 3 fully saturated rings. The van der Waals surface area contributed by atoms with Crippen molar-refractivity contribution >= 4 is 14.6 Å². The number of hydrogen-bond donors (Lipinski definition) is 0. The van der Waals surface area contributed by atoms with Gasteiger partial charge in [-0.25, -0.2) is 0 Å². The molecule has 2 aliphatic heterocycles. The molecule has 3 aliphatic rings. The number of piperidine rings is 1. The van der Waals surface area contributed by atoms with Gasteiger partial charge >= 0.3 is 0 Å². The highest BCUT2D eigenvalue weighted by Gasteiger charge is 2.67. The molecule has 6 heteroatoms. The summed E-state index contributed by atoms with van der Waals surface area (Å²) in [6.45, 7) is 10.4. The molecule has 5 rings (SSSR count). The lowest BCUT2D eigenvalue weighted by molar-refractivity contribution is -0.275. The van der Waals surface area contributed by atoms with Gasteiger partial charge in [0.15, 0.2) is 14.1 Å². The van der Waals surface area contributed by atoms with Crippen molar-refractivity contribution in [2.75, 3.05) is 26.3 Å². The van der Waals surface area contributed by atoms with E-state index in [9.17, 15) is 4.79 Å². The molecule has 0 radical (unpaired) electrons. The zero-order chi connectivity index (χ0) is 26.0. The number of fused-ring (bicyclic) bond motifs is 2. The Morgan fingerprint density at radius 2 is 1.49 bits per heavy atom. The summed E-state index contributed by atoms with van der Waals surface area (Å²) in [5.41, 5.74) is 1.58. The van der Waals surface area contributed by atoms with Gasteiger partial charge in [0.2, 0.25) is 0 Å². The van der Waals surface area contributed by atoms with Crippen LogP contribution in [0.15, 0.2) is 60.7 Å². The van der Waals surface area contributed by atoms with Gasteiger partial charge in [0, 0.05) is 37.9 Å². The van der Waals surface area contributed by atoms with Crippen molar-refractivity contribution in [2.45, 2.75) is 76.6 Å². The minimum absolute atomic E-state index is 0.144. The van der Waals surface area contributed by atoms with E-state index in [0.717, 1.165) is 44.1 Å². The molecular formula is C31H43NO4Si. The molecule has 0 amide bonds. The van der Waals surface area contributed by atoms with Gasteiger partial charge < -0.3 is 18.7 Å². The van der Waals surface area contributed by atoms with Crippen LogP contribution in [0.4, 0.5) is 0 Å².